The molecule has 0 bridgehead atoms. The predicted molar refractivity (Wildman–Crippen MR) is 55.6 cm³/mol. The Balaban J connectivity index is 3.77. The minimum absolute atomic E-state index is 0.163. The van der Waals surface area contributed by atoms with E-state index in [1.54, 1.807) is 0 Å². The third-order valence-corrected chi connectivity index (χ3v) is 3.74. The van der Waals surface area contributed by atoms with Crippen molar-refractivity contribution in [2.45, 2.75) is 45.4 Å². The van der Waals surface area contributed by atoms with E-state index in [2.05, 4.69) is 13.8 Å². The molecule has 12 heavy (non-hydrogen) atoms. The van der Waals surface area contributed by atoms with Crippen molar-refractivity contribution in [3.63, 3.8) is 0 Å². The fourth-order valence-corrected chi connectivity index (χ4v) is 2.63. The Morgan fingerprint density at radius 2 is 1.75 bits per heavy atom. The Morgan fingerprint density at radius 3 is 2.08 bits per heavy atom. The molecule has 0 aromatic carbocycles. The molecule has 74 valence electrons. The molecule has 0 saturated heterocycles. The van der Waals surface area contributed by atoms with Gasteiger partial charge < -0.3 is 5.73 Å². The SMILES string of the molecule is CC(C)CS(=O)C(C)CC(C)N. The van der Waals surface area contributed by atoms with Crippen LogP contribution >= 0.6 is 0 Å². The van der Waals surface area contributed by atoms with Gasteiger partial charge in [0.1, 0.15) is 0 Å². The van der Waals surface area contributed by atoms with Gasteiger partial charge in [-0.3, -0.25) is 4.21 Å². The predicted octanol–water partition coefficient (Wildman–Crippen LogP) is 1.52. The van der Waals surface area contributed by atoms with Gasteiger partial charge in [-0.15, -0.1) is 0 Å². The molecule has 0 fully saturated rings. The summed E-state index contributed by atoms with van der Waals surface area (Å²) in [6, 6.07) is 0.163. The van der Waals surface area contributed by atoms with Gasteiger partial charge in [-0.25, -0.2) is 0 Å². The van der Waals surface area contributed by atoms with Crippen LogP contribution in [0.5, 0.6) is 0 Å². The van der Waals surface area contributed by atoms with Crippen LogP contribution in [0.2, 0.25) is 0 Å². The van der Waals surface area contributed by atoms with Crippen molar-refractivity contribution in [3.8, 4) is 0 Å². The highest BCUT2D eigenvalue weighted by Crippen LogP contribution is 2.07. The molecule has 0 rings (SSSR count). The number of rotatable bonds is 5. The van der Waals surface area contributed by atoms with Gasteiger partial charge >= 0.3 is 0 Å². The lowest BCUT2D eigenvalue weighted by Crippen LogP contribution is -2.26. The van der Waals surface area contributed by atoms with Crippen LogP contribution in [-0.2, 0) is 10.8 Å². The minimum Gasteiger partial charge on any atom is -0.328 e. The highest BCUT2D eigenvalue weighted by atomic mass is 32.2. The lowest BCUT2D eigenvalue weighted by atomic mass is 10.2. The molecule has 2 N–H and O–H groups in total. The molecule has 0 aliphatic carbocycles. The molecule has 0 radical (unpaired) electrons. The first-order valence-corrected chi connectivity index (χ1v) is 5.94. The molecule has 2 nitrogen and oxygen atoms in total. The topological polar surface area (TPSA) is 43.1 Å². The number of hydrogen-bond acceptors (Lipinski definition) is 2. The van der Waals surface area contributed by atoms with Gasteiger partial charge in [0.15, 0.2) is 0 Å². The van der Waals surface area contributed by atoms with Gasteiger partial charge in [-0.05, 0) is 19.3 Å². The van der Waals surface area contributed by atoms with Crippen LogP contribution in [0.15, 0.2) is 0 Å². The van der Waals surface area contributed by atoms with E-state index in [-0.39, 0.29) is 11.3 Å². The van der Waals surface area contributed by atoms with Crippen LogP contribution in [0.25, 0.3) is 0 Å². The Labute approximate surface area is 78.4 Å². The zero-order chi connectivity index (χ0) is 9.72. The van der Waals surface area contributed by atoms with Crippen LogP contribution in [0.1, 0.15) is 34.1 Å². The molecule has 0 spiro atoms. The molecule has 0 heterocycles. The molecule has 0 saturated carbocycles. The summed E-state index contributed by atoms with van der Waals surface area (Å²) in [6.07, 6.45) is 0.860. The van der Waals surface area contributed by atoms with E-state index < -0.39 is 10.8 Å². The van der Waals surface area contributed by atoms with E-state index in [9.17, 15) is 4.21 Å². The molecule has 0 amide bonds. The largest absolute Gasteiger partial charge is 0.328 e. The highest BCUT2D eigenvalue weighted by Gasteiger charge is 2.13. The van der Waals surface area contributed by atoms with Crippen molar-refractivity contribution in [2.75, 3.05) is 5.75 Å². The normalized spacial score (nSPS) is 19.2. The second-order valence-electron chi connectivity index (χ2n) is 3.96. The summed E-state index contributed by atoms with van der Waals surface area (Å²) in [5.74, 6) is 1.31. The van der Waals surface area contributed by atoms with Gasteiger partial charge in [0.2, 0.25) is 0 Å². The lowest BCUT2D eigenvalue weighted by Gasteiger charge is -2.14. The van der Waals surface area contributed by atoms with Crippen molar-refractivity contribution in [2.24, 2.45) is 11.7 Å². The monoisotopic (exact) mass is 191 g/mol. The first-order valence-electron chi connectivity index (χ1n) is 4.56. The average molecular weight is 191 g/mol. The van der Waals surface area contributed by atoms with Crippen molar-refractivity contribution in [1.29, 1.82) is 0 Å². The quantitative estimate of drug-likeness (QED) is 0.716. The second kappa shape index (κ2) is 5.70. The van der Waals surface area contributed by atoms with Crippen LogP contribution < -0.4 is 5.73 Å². The number of nitrogens with two attached hydrogens (primary N) is 1. The molecule has 0 aliphatic heterocycles. The zero-order valence-corrected chi connectivity index (χ0v) is 9.36. The summed E-state index contributed by atoms with van der Waals surface area (Å²) in [5, 5.41) is 0.243. The summed E-state index contributed by atoms with van der Waals surface area (Å²) in [4.78, 5) is 0. The van der Waals surface area contributed by atoms with E-state index in [1.807, 2.05) is 13.8 Å². The molecule has 0 aromatic heterocycles. The maximum absolute atomic E-state index is 11.5. The van der Waals surface area contributed by atoms with Gasteiger partial charge in [0, 0.05) is 27.8 Å². The zero-order valence-electron chi connectivity index (χ0n) is 8.54. The molecular formula is C9H21NOS. The van der Waals surface area contributed by atoms with Gasteiger partial charge in [0.05, 0.1) is 0 Å². The molecule has 0 aliphatic rings. The van der Waals surface area contributed by atoms with Crippen LogP contribution in [0.4, 0.5) is 0 Å². The van der Waals surface area contributed by atoms with Crippen LogP contribution in [0.3, 0.4) is 0 Å². The maximum atomic E-state index is 11.5. The summed E-state index contributed by atoms with van der Waals surface area (Å²) < 4.78 is 11.5. The minimum atomic E-state index is -0.695. The first kappa shape index (κ1) is 12.1. The second-order valence-corrected chi connectivity index (χ2v) is 5.86. The smallest absolute Gasteiger partial charge is 0.0334 e. The van der Waals surface area contributed by atoms with E-state index in [1.165, 1.54) is 0 Å². The summed E-state index contributed by atoms with van der Waals surface area (Å²) in [5.41, 5.74) is 5.63. The molecule has 0 aromatic rings. The Hall–Kier alpha value is 0.110. The van der Waals surface area contributed by atoms with Crippen molar-refractivity contribution < 1.29 is 4.21 Å². The Morgan fingerprint density at radius 1 is 1.25 bits per heavy atom. The maximum Gasteiger partial charge on any atom is 0.0334 e. The van der Waals surface area contributed by atoms with E-state index >= 15 is 0 Å². The van der Waals surface area contributed by atoms with Crippen molar-refractivity contribution in [3.05, 3.63) is 0 Å². The average Bonchev–Trinajstić information content (AvgIpc) is 1.84. The first-order chi connectivity index (χ1) is 5.43. The van der Waals surface area contributed by atoms with Crippen LogP contribution in [0, 0.1) is 5.92 Å². The number of hydrogen-bond donors (Lipinski definition) is 1. The molecule has 3 unspecified atom stereocenters. The lowest BCUT2D eigenvalue weighted by molar-refractivity contribution is 0.618. The summed E-state index contributed by atoms with van der Waals surface area (Å²) in [7, 11) is -0.695. The summed E-state index contributed by atoms with van der Waals surface area (Å²) >= 11 is 0. The Kier molecular flexibility index (Phi) is 5.76. The van der Waals surface area contributed by atoms with Gasteiger partial charge in [-0.1, -0.05) is 20.8 Å². The molecular weight excluding hydrogens is 170 g/mol. The standard InChI is InChI=1S/C9H21NOS/c1-7(2)6-12(11)9(4)5-8(3)10/h7-9H,5-6,10H2,1-4H3. The highest BCUT2D eigenvalue weighted by molar-refractivity contribution is 7.85. The third kappa shape index (κ3) is 5.72. The fourth-order valence-electron chi connectivity index (χ4n) is 1.12. The third-order valence-electron chi connectivity index (χ3n) is 1.65. The van der Waals surface area contributed by atoms with Gasteiger partial charge in [-0.2, -0.15) is 0 Å². The van der Waals surface area contributed by atoms with Crippen LogP contribution in [-0.4, -0.2) is 21.3 Å². The van der Waals surface area contributed by atoms with Gasteiger partial charge in [0.25, 0.3) is 0 Å². The molecule has 3 atom stereocenters. The fraction of sp³-hybridized carbons (Fsp3) is 1.00. The van der Waals surface area contributed by atoms with Crippen molar-refractivity contribution >= 4 is 10.8 Å². The van der Waals surface area contributed by atoms with E-state index in [4.69, 9.17) is 5.73 Å². The van der Waals surface area contributed by atoms with Crippen molar-refractivity contribution in [1.82, 2.24) is 0 Å². The summed E-state index contributed by atoms with van der Waals surface area (Å²) in [6.45, 7) is 8.16. The Bertz CT molecular complexity index is 145. The van der Waals surface area contributed by atoms with E-state index in [0.717, 1.165) is 12.2 Å². The van der Waals surface area contributed by atoms with E-state index in [0.29, 0.717) is 5.92 Å². The molecule has 3 heteroatoms.